The van der Waals surface area contributed by atoms with Gasteiger partial charge < -0.3 is 15.2 Å². The number of aryl methyl sites for hydroxylation is 1. The van der Waals surface area contributed by atoms with Gasteiger partial charge in [0.2, 0.25) is 10.0 Å². The molecule has 0 spiro atoms. The van der Waals surface area contributed by atoms with Gasteiger partial charge in [0.15, 0.2) is 0 Å². The monoisotopic (exact) mass is 448 g/mol. The van der Waals surface area contributed by atoms with Gasteiger partial charge >= 0.3 is 0 Å². The lowest BCUT2D eigenvalue weighted by Crippen LogP contribution is -2.41. The molecule has 2 aliphatic rings. The van der Waals surface area contributed by atoms with Crippen LogP contribution in [0.25, 0.3) is 0 Å². The van der Waals surface area contributed by atoms with Crippen LogP contribution >= 0.6 is 0 Å². The molecule has 4 rings (SSSR count). The predicted molar refractivity (Wildman–Crippen MR) is 113 cm³/mol. The average molecular weight is 449 g/mol. The summed E-state index contributed by atoms with van der Waals surface area (Å²) >= 11 is 0. The number of amides is 2. The number of hydrogen-bond donors (Lipinski definition) is 2. The Morgan fingerprint density at radius 3 is 2.55 bits per heavy atom. The van der Waals surface area contributed by atoms with Crippen LogP contribution in [0.1, 0.15) is 46.5 Å². The zero-order valence-corrected chi connectivity index (χ0v) is 18.4. The van der Waals surface area contributed by atoms with Crippen molar-refractivity contribution >= 4 is 21.8 Å². The van der Waals surface area contributed by atoms with E-state index >= 15 is 0 Å². The molecule has 10 nitrogen and oxygen atoms in total. The molecule has 168 valence electrons. The molecule has 2 aromatic rings. The topological polar surface area (TPSA) is 120 Å². The molecular weight excluding hydrogens is 420 g/mol. The van der Waals surface area contributed by atoms with Gasteiger partial charge in [0.05, 0.1) is 11.8 Å². The molecule has 0 aliphatic carbocycles. The normalized spacial score (nSPS) is 18.4. The van der Waals surface area contributed by atoms with E-state index < -0.39 is 10.0 Å². The maximum Gasteiger partial charge on any atom is 0.270 e. The summed E-state index contributed by atoms with van der Waals surface area (Å²) in [4.78, 5) is 29.3. The van der Waals surface area contributed by atoms with Gasteiger partial charge in [-0.3, -0.25) is 14.3 Å². The molecule has 2 aliphatic heterocycles. The summed E-state index contributed by atoms with van der Waals surface area (Å²) in [6.45, 7) is 2.70. The van der Waals surface area contributed by atoms with E-state index in [-0.39, 0.29) is 22.6 Å². The van der Waals surface area contributed by atoms with E-state index in [2.05, 4.69) is 15.4 Å². The fraction of sp³-hybridized carbons (Fsp3) is 0.550. The number of aromatic nitrogens is 3. The number of sulfonamides is 1. The Hall–Kier alpha value is -2.66. The first-order valence-corrected chi connectivity index (χ1v) is 12.0. The molecule has 0 unspecified atom stereocenters. The van der Waals surface area contributed by atoms with E-state index in [1.807, 2.05) is 0 Å². The average Bonchev–Trinajstić information content (AvgIpc) is 3.53. The third-order valence-electron chi connectivity index (χ3n) is 6.01. The van der Waals surface area contributed by atoms with Crippen molar-refractivity contribution in [2.75, 3.05) is 32.7 Å². The Morgan fingerprint density at radius 2 is 1.90 bits per heavy atom. The molecule has 2 N–H and O–H groups in total. The molecule has 4 heterocycles. The summed E-state index contributed by atoms with van der Waals surface area (Å²) in [5.74, 6) is -0.113. The predicted octanol–water partition coefficient (Wildman–Crippen LogP) is 0.815. The van der Waals surface area contributed by atoms with Gasteiger partial charge in [0.1, 0.15) is 10.6 Å². The molecule has 2 aromatic heterocycles. The first-order chi connectivity index (χ1) is 14.8. The van der Waals surface area contributed by atoms with Crippen molar-refractivity contribution in [1.29, 1.82) is 0 Å². The van der Waals surface area contributed by atoms with E-state index in [1.54, 1.807) is 22.8 Å². The molecule has 31 heavy (non-hydrogen) atoms. The molecule has 2 amide bonds. The van der Waals surface area contributed by atoms with E-state index in [4.69, 9.17) is 0 Å². The fourth-order valence-corrected chi connectivity index (χ4v) is 5.58. The lowest BCUT2D eigenvalue weighted by molar-refractivity contribution is 0.0787. The third-order valence-corrected chi connectivity index (χ3v) is 7.89. The lowest BCUT2D eigenvalue weighted by Gasteiger charge is -2.31. The highest BCUT2D eigenvalue weighted by Gasteiger charge is 2.31. The molecule has 11 heteroatoms. The summed E-state index contributed by atoms with van der Waals surface area (Å²) in [6.07, 6.45) is 7.87. The number of H-pyrrole nitrogens is 1. The summed E-state index contributed by atoms with van der Waals surface area (Å²) < 4.78 is 29.0. The fourth-order valence-electron chi connectivity index (χ4n) is 4.12. The molecule has 0 radical (unpaired) electrons. The summed E-state index contributed by atoms with van der Waals surface area (Å²) in [7, 11) is -1.91. The minimum Gasteiger partial charge on any atom is -0.356 e. The quantitative estimate of drug-likeness (QED) is 0.678. The van der Waals surface area contributed by atoms with Gasteiger partial charge in [-0.1, -0.05) is 0 Å². The van der Waals surface area contributed by atoms with Crippen molar-refractivity contribution in [1.82, 2.24) is 29.3 Å². The number of aromatic amines is 1. The maximum absolute atomic E-state index is 13.0. The van der Waals surface area contributed by atoms with Gasteiger partial charge in [0, 0.05) is 52.2 Å². The third kappa shape index (κ3) is 4.67. The molecule has 2 fully saturated rings. The Morgan fingerprint density at radius 1 is 1.19 bits per heavy atom. The summed E-state index contributed by atoms with van der Waals surface area (Å²) in [5.41, 5.74) is 0.822. The number of likely N-dealkylation sites (tertiary alicyclic amines) is 1. The zero-order chi connectivity index (χ0) is 22.0. The first kappa shape index (κ1) is 21.6. The van der Waals surface area contributed by atoms with E-state index in [1.165, 1.54) is 22.8 Å². The standard InChI is InChI=1S/C20H28N6O4S/c1-24-14-16(12-23-24)19(27)22-11-15-4-8-26(9-5-15)31(29,30)17-10-18(21-13-17)20(28)25-6-2-3-7-25/h10,12-15,21H,2-9,11H2,1H3,(H,22,27). The van der Waals surface area contributed by atoms with Gasteiger partial charge in [0.25, 0.3) is 11.8 Å². The minimum absolute atomic E-state index is 0.123. The van der Waals surface area contributed by atoms with Crippen LogP contribution in [0.5, 0.6) is 0 Å². The highest BCUT2D eigenvalue weighted by molar-refractivity contribution is 7.89. The second-order valence-electron chi connectivity index (χ2n) is 8.21. The van der Waals surface area contributed by atoms with Gasteiger partial charge in [-0.05, 0) is 37.7 Å². The Kier molecular flexibility index (Phi) is 6.15. The number of hydrogen-bond acceptors (Lipinski definition) is 5. The lowest BCUT2D eigenvalue weighted by atomic mass is 9.98. The smallest absolute Gasteiger partial charge is 0.270 e. The molecule has 0 bridgehead atoms. The molecular formula is C20H28N6O4S. The van der Waals surface area contributed by atoms with E-state index in [9.17, 15) is 18.0 Å². The van der Waals surface area contributed by atoms with Gasteiger partial charge in [-0.15, -0.1) is 0 Å². The van der Waals surface area contributed by atoms with Crippen LogP contribution in [-0.4, -0.2) is 76.9 Å². The van der Waals surface area contributed by atoms with Crippen LogP contribution in [0.3, 0.4) is 0 Å². The van der Waals surface area contributed by atoms with Crippen molar-refractivity contribution in [3.63, 3.8) is 0 Å². The van der Waals surface area contributed by atoms with Crippen molar-refractivity contribution in [2.24, 2.45) is 13.0 Å². The van der Waals surface area contributed by atoms with Crippen LogP contribution in [0.15, 0.2) is 29.6 Å². The molecule has 0 aromatic carbocycles. The minimum atomic E-state index is -3.66. The van der Waals surface area contributed by atoms with Crippen molar-refractivity contribution in [3.05, 3.63) is 35.9 Å². The Balaban J connectivity index is 1.30. The summed E-state index contributed by atoms with van der Waals surface area (Å²) in [5, 5.41) is 6.89. The highest BCUT2D eigenvalue weighted by Crippen LogP contribution is 2.24. The second kappa shape index (κ2) is 8.83. The molecule has 2 saturated heterocycles. The Bertz CT molecular complexity index is 1050. The number of carbonyl (C=O) groups excluding carboxylic acids is 2. The second-order valence-corrected chi connectivity index (χ2v) is 10.1. The number of nitrogens with zero attached hydrogens (tertiary/aromatic N) is 4. The maximum atomic E-state index is 13.0. The molecule has 0 saturated carbocycles. The van der Waals surface area contributed by atoms with E-state index in [0.29, 0.717) is 56.8 Å². The van der Waals surface area contributed by atoms with Gasteiger partial charge in [-0.2, -0.15) is 9.40 Å². The summed E-state index contributed by atoms with van der Waals surface area (Å²) in [6, 6.07) is 1.44. The van der Waals surface area contributed by atoms with Crippen LogP contribution in [-0.2, 0) is 17.1 Å². The van der Waals surface area contributed by atoms with Crippen molar-refractivity contribution in [3.8, 4) is 0 Å². The van der Waals surface area contributed by atoms with Gasteiger partial charge in [-0.25, -0.2) is 8.42 Å². The highest BCUT2D eigenvalue weighted by atomic mass is 32.2. The first-order valence-electron chi connectivity index (χ1n) is 10.6. The number of rotatable bonds is 6. The van der Waals surface area contributed by atoms with Crippen LogP contribution in [0, 0.1) is 5.92 Å². The zero-order valence-electron chi connectivity index (χ0n) is 17.6. The SMILES string of the molecule is Cn1cc(C(=O)NCC2CCN(S(=O)(=O)c3c[nH]c(C(=O)N4CCCC4)c3)CC2)cn1. The van der Waals surface area contributed by atoms with Crippen LogP contribution in [0.2, 0.25) is 0 Å². The number of nitrogens with one attached hydrogen (secondary N) is 2. The van der Waals surface area contributed by atoms with Crippen molar-refractivity contribution < 1.29 is 18.0 Å². The number of carbonyl (C=O) groups is 2. The Labute approximate surface area is 181 Å². The number of piperidine rings is 1. The molecule has 0 atom stereocenters. The van der Waals surface area contributed by atoms with Crippen LogP contribution < -0.4 is 5.32 Å². The van der Waals surface area contributed by atoms with Crippen molar-refractivity contribution in [2.45, 2.75) is 30.6 Å². The van der Waals surface area contributed by atoms with E-state index in [0.717, 1.165) is 12.8 Å². The largest absolute Gasteiger partial charge is 0.356 e. The van der Waals surface area contributed by atoms with Crippen LogP contribution in [0.4, 0.5) is 0 Å².